The van der Waals surface area contributed by atoms with Crippen molar-refractivity contribution in [3.8, 4) is 0 Å². The molecule has 0 aliphatic rings. The van der Waals surface area contributed by atoms with Gasteiger partial charge in [-0.25, -0.2) is 4.39 Å². The molecule has 3 aromatic rings. The quantitative estimate of drug-likeness (QED) is 0.711. The summed E-state index contributed by atoms with van der Waals surface area (Å²) in [5.41, 5.74) is 0.819. The van der Waals surface area contributed by atoms with Gasteiger partial charge in [0.2, 0.25) is 0 Å². The Bertz CT molecular complexity index is 883. The molecule has 0 bridgehead atoms. The number of anilines is 1. The van der Waals surface area contributed by atoms with Crippen molar-refractivity contribution in [3.63, 3.8) is 0 Å². The Morgan fingerprint density at radius 3 is 2.79 bits per heavy atom. The van der Waals surface area contributed by atoms with Crippen molar-refractivity contribution in [2.24, 2.45) is 0 Å². The minimum Gasteiger partial charge on any atom is -0.305 e. The summed E-state index contributed by atoms with van der Waals surface area (Å²) in [4.78, 5) is 16.4. The zero-order valence-electron chi connectivity index (χ0n) is 12.2. The Hall–Kier alpha value is -2.44. The number of nitrogens with zero attached hydrogens (tertiary/aromatic N) is 3. The first-order chi connectivity index (χ1) is 11.5. The Morgan fingerprint density at radius 1 is 1.21 bits per heavy atom. The molecule has 122 valence electrons. The SMILES string of the molecule is O=C(Nc1ccn(Cc2ccccn2)n1)c1cc(F)c(Cl)cc1Cl. The largest absolute Gasteiger partial charge is 0.305 e. The molecule has 0 aliphatic heterocycles. The first-order valence-electron chi connectivity index (χ1n) is 6.92. The number of nitrogens with one attached hydrogen (secondary N) is 1. The molecule has 5 nitrogen and oxygen atoms in total. The fourth-order valence-corrected chi connectivity index (χ4v) is 2.52. The minimum absolute atomic E-state index is 0.0159. The number of hydrogen-bond donors (Lipinski definition) is 1. The highest BCUT2D eigenvalue weighted by Gasteiger charge is 2.15. The highest BCUT2D eigenvalue weighted by Crippen LogP contribution is 2.25. The summed E-state index contributed by atoms with van der Waals surface area (Å²) >= 11 is 11.5. The van der Waals surface area contributed by atoms with Crippen LogP contribution in [0.1, 0.15) is 16.1 Å². The minimum atomic E-state index is -0.716. The molecule has 2 aromatic heterocycles. The van der Waals surface area contributed by atoms with E-state index in [1.54, 1.807) is 23.1 Å². The monoisotopic (exact) mass is 364 g/mol. The molecule has 2 heterocycles. The van der Waals surface area contributed by atoms with Gasteiger partial charge in [-0.2, -0.15) is 5.10 Å². The van der Waals surface area contributed by atoms with Gasteiger partial charge in [0.25, 0.3) is 5.91 Å². The lowest BCUT2D eigenvalue weighted by Crippen LogP contribution is -2.14. The van der Waals surface area contributed by atoms with E-state index in [-0.39, 0.29) is 15.6 Å². The number of hydrogen-bond acceptors (Lipinski definition) is 3. The summed E-state index contributed by atoms with van der Waals surface area (Å²) in [7, 11) is 0. The number of aromatic nitrogens is 3. The Morgan fingerprint density at radius 2 is 2.04 bits per heavy atom. The molecular formula is C16H11Cl2FN4O. The number of benzene rings is 1. The molecule has 1 N–H and O–H groups in total. The molecular weight excluding hydrogens is 354 g/mol. The second kappa shape index (κ2) is 6.98. The van der Waals surface area contributed by atoms with Crippen molar-refractivity contribution in [1.29, 1.82) is 0 Å². The van der Waals surface area contributed by atoms with E-state index in [1.807, 2.05) is 18.2 Å². The van der Waals surface area contributed by atoms with Gasteiger partial charge in [0.1, 0.15) is 5.82 Å². The van der Waals surface area contributed by atoms with Gasteiger partial charge in [0.15, 0.2) is 5.82 Å². The van der Waals surface area contributed by atoms with Crippen molar-refractivity contribution in [1.82, 2.24) is 14.8 Å². The molecule has 24 heavy (non-hydrogen) atoms. The van der Waals surface area contributed by atoms with Gasteiger partial charge in [0, 0.05) is 18.5 Å². The molecule has 1 aromatic carbocycles. The third-order valence-electron chi connectivity index (χ3n) is 3.19. The van der Waals surface area contributed by atoms with Gasteiger partial charge < -0.3 is 5.32 Å². The lowest BCUT2D eigenvalue weighted by atomic mass is 10.2. The first kappa shape index (κ1) is 16.4. The van der Waals surface area contributed by atoms with Crippen molar-refractivity contribution in [3.05, 3.63) is 75.9 Å². The van der Waals surface area contributed by atoms with Crippen LogP contribution < -0.4 is 5.32 Å². The van der Waals surface area contributed by atoms with Crippen LogP contribution in [0.3, 0.4) is 0 Å². The molecule has 0 atom stereocenters. The van der Waals surface area contributed by atoms with Crippen LogP contribution in [0, 0.1) is 5.82 Å². The maximum Gasteiger partial charge on any atom is 0.258 e. The summed E-state index contributed by atoms with van der Waals surface area (Å²) in [6.45, 7) is 0.465. The average molecular weight is 365 g/mol. The molecule has 0 fully saturated rings. The standard InChI is InChI=1S/C16H11Cl2FN4O/c17-12-8-13(18)14(19)7-11(12)16(24)21-15-4-6-23(22-15)9-10-3-1-2-5-20-10/h1-8H,9H2,(H,21,22,24). The third-order valence-corrected chi connectivity index (χ3v) is 3.79. The third kappa shape index (κ3) is 3.72. The van der Waals surface area contributed by atoms with Gasteiger partial charge in [-0.05, 0) is 24.3 Å². The molecule has 8 heteroatoms. The highest BCUT2D eigenvalue weighted by atomic mass is 35.5. The predicted octanol–water partition coefficient (Wildman–Crippen LogP) is 4.02. The van der Waals surface area contributed by atoms with Gasteiger partial charge in [-0.1, -0.05) is 29.3 Å². The number of carbonyl (C=O) groups is 1. The highest BCUT2D eigenvalue weighted by molar-refractivity contribution is 6.37. The summed E-state index contributed by atoms with van der Waals surface area (Å²) in [5.74, 6) is -0.965. The molecule has 0 aliphatic carbocycles. The zero-order valence-corrected chi connectivity index (χ0v) is 13.7. The molecule has 1 amide bonds. The van der Waals surface area contributed by atoms with Gasteiger partial charge in [0.05, 0.1) is 27.8 Å². The lowest BCUT2D eigenvalue weighted by molar-refractivity contribution is 0.102. The number of halogens is 3. The molecule has 0 saturated heterocycles. The normalized spacial score (nSPS) is 10.6. The van der Waals surface area contributed by atoms with Crippen LogP contribution >= 0.6 is 23.2 Å². The van der Waals surface area contributed by atoms with E-state index in [2.05, 4.69) is 15.4 Å². The van der Waals surface area contributed by atoms with Crippen LogP contribution in [-0.4, -0.2) is 20.7 Å². The van der Waals surface area contributed by atoms with E-state index in [1.165, 1.54) is 6.07 Å². The summed E-state index contributed by atoms with van der Waals surface area (Å²) in [5, 5.41) is 6.71. The molecule has 0 saturated carbocycles. The van der Waals surface area contributed by atoms with Crippen LogP contribution in [0.2, 0.25) is 10.0 Å². The number of pyridine rings is 1. The Labute approximate surface area is 147 Å². The van der Waals surface area contributed by atoms with E-state index in [0.29, 0.717) is 12.4 Å². The van der Waals surface area contributed by atoms with Crippen LogP contribution in [0.15, 0.2) is 48.8 Å². The topological polar surface area (TPSA) is 59.8 Å². The van der Waals surface area contributed by atoms with Gasteiger partial charge in [-0.15, -0.1) is 0 Å². The molecule has 0 radical (unpaired) electrons. The lowest BCUT2D eigenvalue weighted by Gasteiger charge is -2.06. The summed E-state index contributed by atoms with van der Waals surface area (Å²) in [6.07, 6.45) is 3.40. The van der Waals surface area contributed by atoms with Crippen LogP contribution in [0.5, 0.6) is 0 Å². The van der Waals surface area contributed by atoms with Crippen molar-refractivity contribution in [2.45, 2.75) is 6.54 Å². The van der Waals surface area contributed by atoms with Crippen molar-refractivity contribution in [2.75, 3.05) is 5.32 Å². The van der Waals surface area contributed by atoms with Gasteiger partial charge in [-0.3, -0.25) is 14.5 Å². The van der Waals surface area contributed by atoms with E-state index >= 15 is 0 Å². The van der Waals surface area contributed by atoms with E-state index < -0.39 is 11.7 Å². The first-order valence-corrected chi connectivity index (χ1v) is 7.68. The maximum atomic E-state index is 13.5. The second-order valence-corrected chi connectivity index (χ2v) is 5.73. The van der Waals surface area contributed by atoms with E-state index in [0.717, 1.165) is 11.8 Å². The van der Waals surface area contributed by atoms with Crippen LogP contribution in [-0.2, 0) is 6.54 Å². The second-order valence-electron chi connectivity index (χ2n) is 4.92. The van der Waals surface area contributed by atoms with Crippen LogP contribution in [0.4, 0.5) is 10.2 Å². The van der Waals surface area contributed by atoms with Crippen molar-refractivity contribution >= 4 is 34.9 Å². The average Bonchev–Trinajstić information content (AvgIpc) is 2.98. The summed E-state index contributed by atoms with van der Waals surface area (Å²) in [6, 6.07) is 9.38. The zero-order chi connectivity index (χ0) is 17.1. The Balaban J connectivity index is 1.73. The molecule has 0 unspecified atom stereocenters. The smallest absolute Gasteiger partial charge is 0.258 e. The Kier molecular flexibility index (Phi) is 4.78. The van der Waals surface area contributed by atoms with Crippen molar-refractivity contribution < 1.29 is 9.18 Å². The number of rotatable bonds is 4. The van der Waals surface area contributed by atoms with Gasteiger partial charge >= 0.3 is 0 Å². The predicted molar refractivity (Wildman–Crippen MR) is 89.9 cm³/mol. The van der Waals surface area contributed by atoms with E-state index in [9.17, 15) is 9.18 Å². The maximum absolute atomic E-state index is 13.5. The fourth-order valence-electron chi connectivity index (χ4n) is 2.05. The molecule has 3 rings (SSSR count). The number of carbonyl (C=O) groups excluding carboxylic acids is 1. The number of amides is 1. The summed E-state index contributed by atoms with van der Waals surface area (Å²) < 4.78 is 15.1. The fraction of sp³-hybridized carbons (Fsp3) is 0.0625. The molecule has 0 spiro atoms. The van der Waals surface area contributed by atoms with Crippen LogP contribution in [0.25, 0.3) is 0 Å². The van der Waals surface area contributed by atoms with E-state index in [4.69, 9.17) is 23.2 Å².